The second-order valence-corrected chi connectivity index (χ2v) is 10.6. The van der Waals surface area contributed by atoms with Crippen LogP contribution in [0.4, 0.5) is 10.1 Å². The molecular weight excluding hydrogens is 431 g/mol. The SMILES string of the molecule is N=CC1=C([NH2+]c2ccc(F)cc2)C=C2CCN(Sc3ccccc3)CC2(CN2CCCC2)C1. The maximum atomic E-state index is 13.4. The van der Waals surface area contributed by atoms with Crippen molar-refractivity contribution in [2.24, 2.45) is 5.41 Å². The minimum absolute atomic E-state index is 0.0391. The molecule has 0 spiro atoms. The highest BCUT2D eigenvalue weighted by Gasteiger charge is 2.44. The van der Waals surface area contributed by atoms with Gasteiger partial charge in [0.2, 0.25) is 0 Å². The molecule has 4 nitrogen and oxygen atoms in total. The van der Waals surface area contributed by atoms with Gasteiger partial charge in [-0.25, -0.2) is 8.70 Å². The zero-order valence-corrected chi connectivity index (χ0v) is 19.8. The van der Waals surface area contributed by atoms with Crippen LogP contribution in [0.5, 0.6) is 0 Å². The first-order valence-electron chi connectivity index (χ1n) is 11.9. The Morgan fingerprint density at radius 2 is 1.79 bits per heavy atom. The fraction of sp³-hybridized carbons (Fsp3) is 0.370. The summed E-state index contributed by atoms with van der Waals surface area (Å²) in [5, 5.41) is 10.3. The minimum atomic E-state index is -0.219. The van der Waals surface area contributed by atoms with Crippen LogP contribution in [0, 0.1) is 16.6 Å². The molecule has 0 saturated carbocycles. The molecule has 5 rings (SSSR count). The van der Waals surface area contributed by atoms with E-state index in [1.807, 2.05) is 24.1 Å². The van der Waals surface area contributed by atoms with Gasteiger partial charge >= 0.3 is 0 Å². The predicted molar refractivity (Wildman–Crippen MR) is 133 cm³/mol. The van der Waals surface area contributed by atoms with Crippen molar-refractivity contribution < 1.29 is 9.71 Å². The van der Waals surface area contributed by atoms with Crippen LogP contribution in [0.3, 0.4) is 0 Å². The molecule has 1 aliphatic carbocycles. The minimum Gasteiger partial charge on any atom is -0.308 e. The highest BCUT2D eigenvalue weighted by atomic mass is 32.2. The van der Waals surface area contributed by atoms with Crippen LogP contribution in [-0.2, 0) is 0 Å². The summed E-state index contributed by atoms with van der Waals surface area (Å²) in [6.45, 7) is 5.44. The van der Waals surface area contributed by atoms with Crippen LogP contribution in [0.1, 0.15) is 25.7 Å². The van der Waals surface area contributed by atoms with Gasteiger partial charge in [-0.1, -0.05) is 23.8 Å². The van der Waals surface area contributed by atoms with Gasteiger partial charge in [0, 0.05) is 53.9 Å². The maximum Gasteiger partial charge on any atom is 0.139 e. The van der Waals surface area contributed by atoms with E-state index in [4.69, 9.17) is 5.41 Å². The summed E-state index contributed by atoms with van der Waals surface area (Å²) in [5.74, 6) is -0.219. The van der Waals surface area contributed by atoms with E-state index < -0.39 is 0 Å². The van der Waals surface area contributed by atoms with Crippen LogP contribution in [-0.4, -0.2) is 48.1 Å². The van der Waals surface area contributed by atoms with Gasteiger partial charge < -0.3 is 10.3 Å². The van der Waals surface area contributed by atoms with Crippen molar-refractivity contribution in [3.63, 3.8) is 0 Å². The molecule has 0 aromatic heterocycles. The van der Waals surface area contributed by atoms with Crippen molar-refractivity contribution in [1.82, 2.24) is 9.21 Å². The lowest BCUT2D eigenvalue weighted by Gasteiger charge is -2.48. The number of fused-ring (bicyclic) bond motifs is 1. The van der Waals surface area contributed by atoms with Crippen LogP contribution in [0.2, 0.25) is 0 Å². The topological polar surface area (TPSA) is 46.9 Å². The van der Waals surface area contributed by atoms with Crippen molar-refractivity contribution in [1.29, 1.82) is 5.41 Å². The first-order chi connectivity index (χ1) is 16.1. The predicted octanol–water partition coefficient (Wildman–Crippen LogP) is 4.75. The zero-order chi connectivity index (χ0) is 22.7. The van der Waals surface area contributed by atoms with Crippen molar-refractivity contribution in [2.75, 3.05) is 32.7 Å². The third kappa shape index (κ3) is 5.14. The van der Waals surface area contributed by atoms with E-state index in [1.54, 1.807) is 0 Å². The maximum absolute atomic E-state index is 13.4. The molecule has 2 fully saturated rings. The van der Waals surface area contributed by atoms with Crippen molar-refractivity contribution >= 4 is 23.8 Å². The van der Waals surface area contributed by atoms with E-state index in [9.17, 15) is 4.39 Å². The van der Waals surface area contributed by atoms with Gasteiger partial charge in [0.1, 0.15) is 17.2 Å². The molecule has 3 N–H and O–H groups in total. The van der Waals surface area contributed by atoms with Crippen LogP contribution in [0.15, 0.2) is 82.4 Å². The highest BCUT2D eigenvalue weighted by molar-refractivity contribution is 7.97. The Morgan fingerprint density at radius 3 is 2.52 bits per heavy atom. The number of hydrogen-bond donors (Lipinski definition) is 2. The van der Waals surface area contributed by atoms with Crippen molar-refractivity contribution in [3.8, 4) is 0 Å². The Bertz CT molecular complexity index is 1040. The summed E-state index contributed by atoms with van der Waals surface area (Å²) < 4.78 is 15.9. The molecule has 0 amide bonds. The second kappa shape index (κ2) is 9.94. The van der Waals surface area contributed by atoms with Gasteiger partial charge in [-0.05, 0) is 81.1 Å². The first kappa shape index (κ1) is 22.5. The summed E-state index contributed by atoms with van der Waals surface area (Å²) in [5.41, 5.74) is 4.71. The number of nitrogens with one attached hydrogen (secondary N) is 1. The Morgan fingerprint density at radius 1 is 1.03 bits per heavy atom. The Labute approximate surface area is 200 Å². The summed E-state index contributed by atoms with van der Waals surface area (Å²) in [7, 11) is 0. The lowest BCUT2D eigenvalue weighted by Crippen LogP contribution is -2.76. The van der Waals surface area contributed by atoms with Crippen LogP contribution >= 0.6 is 11.9 Å². The number of nitrogens with zero attached hydrogens (tertiary/aromatic N) is 2. The number of nitrogens with two attached hydrogens (primary N) is 1. The largest absolute Gasteiger partial charge is 0.308 e. The Kier molecular flexibility index (Phi) is 6.79. The fourth-order valence-electron chi connectivity index (χ4n) is 5.46. The van der Waals surface area contributed by atoms with Gasteiger partial charge in [0.15, 0.2) is 0 Å². The van der Waals surface area contributed by atoms with Crippen molar-refractivity contribution in [2.45, 2.75) is 30.6 Å². The summed E-state index contributed by atoms with van der Waals surface area (Å²) in [4.78, 5) is 3.91. The number of quaternary nitrogens is 1. The third-order valence-corrected chi connectivity index (χ3v) is 8.14. The van der Waals surface area contributed by atoms with Gasteiger partial charge in [0.25, 0.3) is 0 Å². The molecule has 1 atom stereocenters. The molecule has 2 heterocycles. The number of likely N-dealkylation sites (tertiary alicyclic amines) is 1. The normalized spacial score (nSPS) is 24.0. The van der Waals surface area contributed by atoms with E-state index in [0.29, 0.717) is 0 Å². The fourth-order valence-corrected chi connectivity index (χ4v) is 6.53. The summed E-state index contributed by atoms with van der Waals surface area (Å²) in [6.07, 6.45) is 8.38. The first-order valence-corrected chi connectivity index (χ1v) is 12.7. The van der Waals surface area contributed by atoms with E-state index in [1.165, 1.54) is 54.7 Å². The Hall–Kier alpha value is -2.25. The monoisotopic (exact) mass is 463 g/mol. The van der Waals surface area contributed by atoms with E-state index in [0.717, 1.165) is 49.4 Å². The van der Waals surface area contributed by atoms with Crippen LogP contribution < -0.4 is 5.32 Å². The van der Waals surface area contributed by atoms with E-state index in [-0.39, 0.29) is 11.2 Å². The quantitative estimate of drug-likeness (QED) is 0.354. The average molecular weight is 464 g/mol. The molecule has 33 heavy (non-hydrogen) atoms. The molecular formula is C27H32FN4S+. The van der Waals surface area contributed by atoms with Crippen LogP contribution in [0.25, 0.3) is 0 Å². The molecule has 2 aliphatic heterocycles. The number of hydrogen-bond acceptors (Lipinski definition) is 4. The lowest BCUT2D eigenvalue weighted by molar-refractivity contribution is -0.513. The van der Waals surface area contributed by atoms with E-state index >= 15 is 0 Å². The number of allylic oxidation sites excluding steroid dienone is 2. The number of piperidine rings is 1. The highest BCUT2D eigenvalue weighted by Crippen LogP contribution is 2.47. The zero-order valence-electron chi connectivity index (χ0n) is 19.0. The number of rotatable bonds is 7. The molecule has 172 valence electrons. The summed E-state index contributed by atoms with van der Waals surface area (Å²) in [6, 6.07) is 17.3. The van der Waals surface area contributed by atoms with Gasteiger partial charge in [-0.2, -0.15) is 0 Å². The average Bonchev–Trinajstić information content (AvgIpc) is 3.34. The van der Waals surface area contributed by atoms with Gasteiger partial charge in [-0.3, -0.25) is 5.32 Å². The van der Waals surface area contributed by atoms with Gasteiger partial charge in [-0.15, -0.1) is 0 Å². The van der Waals surface area contributed by atoms with Gasteiger partial charge in [0.05, 0.1) is 0 Å². The number of benzene rings is 2. The molecule has 1 unspecified atom stereocenters. The van der Waals surface area contributed by atoms with E-state index in [2.05, 4.69) is 50.9 Å². The Balaban J connectivity index is 1.42. The molecule has 6 heteroatoms. The lowest BCUT2D eigenvalue weighted by atomic mass is 9.68. The molecule has 3 aliphatic rings. The molecule has 0 radical (unpaired) electrons. The second-order valence-electron chi connectivity index (χ2n) is 9.45. The summed E-state index contributed by atoms with van der Waals surface area (Å²) >= 11 is 1.86. The smallest absolute Gasteiger partial charge is 0.139 e. The standard InChI is InChI=1S/C27H31FN4S/c28-23-8-10-24(11-9-23)30-26-16-22-12-15-32(33-25-6-2-1-3-7-25)20-27(22,17-21(26)18-29)19-31-13-4-5-14-31/h1-3,6-11,16,18,29-30H,4-5,12-15,17,19-20H2/p+1. The molecule has 0 bridgehead atoms. The molecule has 2 aromatic rings. The third-order valence-electron chi connectivity index (χ3n) is 7.09. The number of halogens is 1. The molecule has 2 saturated heterocycles. The molecule has 2 aromatic carbocycles. The van der Waals surface area contributed by atoms with Crippen molar-refractivity contribution in [3.05, 3.63) is 83.3 Å².